The van der Waals surface area contributed by atoms with Crippen molar-refractivity contribution in [3.63, 3.8) is 0 Å². The molecule has 1 saturated carbocycles. The molecule has 0 aromatic rings. The smallest absolute Gasteiger partial charge is 0.212 e. The predicted octanol–water partition coefficient (Wildman–Crippen LogP) is 0.801. The maximum atomic E-state index is 11.7. The molecule has 17 heavy (non-hydrogen) atoms. The van der Waals surface area contributed by atoms with Crippen molar-refractivity contribution in [2.75, 3.05) is 30.3 Å². The number of hydrogen-bond donors (Lipinski definition) is 2. The summed E-state index contributed by atoms with van der Waals surface area (Å²) in [6.45, 7) is 1.22. The van der Waals surface area contributed by atoms with E-state index in [4.69, 9.17) is 0 Å². The highest BCUT2D eigenvalue weighted by molar-refractivity contribution is 7.99. The molecule has 100 valence electrons. The Morgan fingerprint density at radius 1 is 1.12 bits per heavy atom. The Labute approximate surface area is 108 Å². The van der Waals surface area contributed by atoms with Crippen LogP contribution in [0.15, 0.2) is 0 Å². The van der Waals surface area contributed by atoms with Gasteiger partial charge < -0.3 is 5.32 Å². The number of nitrogens with one attached hydrogen (secondary N) is 2. The molecule has 0 aromatic carbocycles. The first-order valence-corrected chi connectivity index (χ1v) is 9.25. The monoisotopic (exact) mass is 278 g/mol. The van der Waals surface area contributed by atoms with E-state index in [1.807, 2.05) is 11.8 Å². The number of thioether (sulfide) groups is 1. The lowest BCUT2D eigenvalue weighted by Gasteiger charge is -2.21. The normalized spacial score (nSPS) is 22.8. The van der Waals surface area contributed by atoms with Crippen molar-refractivity contribution in [1.82, 2.24) is 10.0 Å². The minimum absolute atomic E-state index is 0.213. The van der Waals surface area contributed by atoms with Crippen molar-refractivity contribution in [1.29, 1.82) is 0 Å². The second kappa shape index (κ2) is 6.41. The van der Waals surface area contributed by atoms with E-state index in [0.717, 1.165) is 12.8 Å². The second-order valence-electron chi connectivity index (χ2n) is 4.95. The Morgan fingerprint density at radius 3 is 2.47 bits per heavy atom. The maximum Gasteiger partial charge on any atom is 0.212 e. The van der Waals surface area contributed by atoms with Gasteiger partial charge in [0.15, 0.2) is 0 Å². The van der Waals surface area contributed by atoms with Crippen molar-refractivity contribution in [2.45, 2.75) is 31.7 Å². The van der Waals surface area contributed by atoms with E-state index in [1.165, 1.54) is 24.3 Å². The minimum Gasteiger partial charge on any atom is -0.313 e. The van der Waals surface area contributed by atoms with Gasteiger partial charge in [0.2, 0.25) is 10.0 Å². The van der Waals surface area contributed by atoms with Crippen molar-refractivity contribution in [2.24, 2.45) is 5.92 Å². The third-order valence-corrected chi connectivity index (χ3v) is 5.71. The summed E-state index contributed by atoms with van der Waals surface area (Å²) in [7, 11) is -3.07. The molecule has 0 spiro atoms. The van der Waals surface area contributed by atoms with Crippen LogP contribution >= 0.6 is 11.8 Å². The number of rotatable bonds is 7. The maximum absolute atomic E-state index is 11.7. The first kappa shape index (κ1) is 13.6. The SMILES string of the molecule is O=S(=O)(CCNC1CC1)NCC1CCSCC1. The Morgan fingerprint density at radius 2 is 1.82 bits per heavy atom. The standard InChI is InChI=1S/C11H22N2O2S2/c14-17(15,8-5-12-11-1-2-11)13-9-10-3-6-16-7-4-10/h10-13H,1-9H2. The lowest BCUT2D eigenvalue weighted by Crippen LogP contribution is -2.36. The molecular weight excluding hydrogens is 256 g/mol. The number of hydrogen-bond acceptors (Lipinski definition) is 4. The van der Waals surface area contributed by atoms with E-state index >= 15 is 0 Å². The zero-order chi connectivity index (χ0) is 12.1. The zero-order valence-electron chi connectivity index (χ0n) is 10.2. The molecule has 1 aliphatic heterocycles. The molecule has 2 rings (SSSR count). The van der Waals surface area contributed by atoms with Crippen LogP contribution in [0.3, 0.4) is 0 Å². The van der Waals surface area contributed by atoms with E-state index in [0.29, 0.717) is 25.0 Å². The third-order valence-electron chi connectivity index (χ3n) is 3.31. The highest BCUT2D eigenvalue weighted by Crippen LogP contribution is 2.22. The highest BCUT2D eigenvalue weighted by atomic mass is 32.2. The van der Waals surface area contributed by atoms with Gasteiger partial charge in [0, 0.05) is 19.1 Å². The molecule has 2 fully saturated rings. The zero-order valence-corrected chi connectivity index (χ0v) is 11.8. The summed E-state index contributed by atoms with van der Waals surface area (Å²) in [6, 6.07) is 0.584. The van der Waals surface area contributed by atoms with Gasteiger partial charge in [0.25, 0.3) is 0 Å². The quantitative estimate of drug-likeness (QED) is 0.723. The summed E-state index contributed by atoms with van der Waals surface area (Å²) in [5, 5.41) is 3.23. The molecule has 1 heterocycles. The Kier molecular flexibility index (Phi) is 5.14. The van der Waals surface area contributed by atoms with Crippen molar-refractivity contribution >= 4 is 21.8 Å². The van der Waals surface area contributed by atoms with E-state index in [-0.39, 0.29) is 5.75 Å². The van der Waals surface area contributed by atoms with Crippen LogP contribution in [0.2, 0.25) is 0 Å². The second-order valence-corrected chi connectivity index (χ2v) is 8.10. The van der Waals surface area contributed by atoms with E-state index in [9.17, 15) is 8.42 Å². The van der Waals surface area contributed by atoms with Gasteiger partial charge in [-0.25, -0.2) is 13.1 Å². The van der Waals surface area contributed by atoms with Gasteiger partial charge >= 0.3 is 0 Å². The fraction of sp³-hybridized carbons (Fsp3) is 1.00. The molecule has 0 atom stereocenters. The molecule has 0 radical (unpaired) electrons. The molecular formula is C11H22N2O2S2. The molecule has 2 N–H and O–H groups in total. The van der Waals surface area contributed by atoms with Crippen LogP contribution in [0.1, 0.15) is 25.7 Å². The summed E-state index contributed by atoms with van der Waals surface area (Å²) in [6.07, 6.45) is 4.70. The molecule has 2 aliphatic rings. The molecule has 1 saturated heterocycles. The van der Waals surface area contributed by atoms with E-state index in [1.54, 1.807) is 0 Å². The first-order chi connectivity index (χ1) is 8.16. The van der Waals surface area contributed by atoms with Gasteiger partial charge in [0.1, 0.15) is 0 Å². The van der Waals surface area contributed by atoms with Crippen molar-refractivity contribution in [3.05, 3.63) is 0 Å². The average molecular weight is 278 g/mol. The molecule has 0 unspecified atom stereocenters. The summed E-state index contributed by atoms with van der Waals surface area (Å²) in [5.41, 5.74) is 0. The Balaban J connectivity index is 1.61. The summed E-state index contributed by atoms with van der Waals surface area (Å²) in [5.74, 6) is 3.11. The van der Waals surface area contributed by atoms with Crippen molar-refractivity contribution in [3.8, 4) is 0 Å². The van der Waals surface area contributed by atoms with Crippen LogP contribution in [0, 0.1) is 5.92 Å². The largest absolute Gasteiger partial charge is 0.313 e. The molecule has 4 nitrogen and oxygen atoms in total. The van der Waals surface area contributed by atoms with E-state index < -0.39 is 10.0 Å². The molecule has 0 aromatic heterocycles. The van der Waals surface area contributed by atoms with Crippen LogP contribution < -0.4 is 10.0 Å². The minimum atomic E-state index is -3.07. The topological polar surface area (TPSA) is 58.2 Å². The summed E-state index contributed by atoms with van der Waals surface area (Å²) in [4.78, 5) is 0. The Hall–Kier alpha value is 0.220. The van der Waals surface area contributed by atoms with Crippen LogP contribution in [0.5, 0.6) is 0 Å². The molecule has 1 aliphatic carbocycles. The predicted molar refractivity (Wildman–Crippen MR) is 72.9 cm³/mol. The fourth-order valence-electron chi connectivity index (χ4n) is 1.95. The van der Waals surface area contributed by atoms with Gasteiger partial charge in [-0.15, -0.1) is 0 Å². The van der Waals surface area contributed by atoms with Gasteiger partial charge in [-0.2, -0.15) is 11.8 Å². The molecule has 6 heteroatoms. The van der Waals surface area contributed by atoms with Crippen LogP contribution in [-0.4, -0.2) is 44.8 Å². The summed E-state index contributed by atoms with van der Waals surface area (Å²) >= 11 is 1.97. The van der Waals surface area contributed by atoms with Crippen LogP contribution in [-0.2, 0) is 10.0 Å². The molecule has 0 amide bonds. The fourth-order valence-corrected chi connectivity index (χ4v) is 4.18. The lowest BCUT2D eigenvalue weighted by atomic mass is 10.0. The van der Waals surface area contributed by atoms with Crippen LogP contribution in [0.4, 0.5) is 0 Å². The van der Waals surface area contributed by atoms with Crippen LogP contribution in [0.25, 0.3) is 0 Å². The number of sulfonamides is 1. The highest BCUT2D eigenvalue weighted by Gasteiger charge is 2.21. The third kappa shape index (κ3) is 5.59. The van der Waals surface area contributed by atoms with Gasteiger partial charge in [0.05, 0.1) is 5.75 Å². The lowest BCUT2D eigenvalue weighted by molar-refractivity contribution is 0.476. The first-order valence-electron chi connectivity index (χ1n) is 6.44. The van der Waals surface area contributed by atoms with Gasteiger partial charge in [-0.3, -0.25) is 0 Å². The van der Waals surface area contributed by atoms with Gasteiger partial charge in [-0.1, -0.05) is 0 Å². The Bertz CT molecular complexity index is 322. The summed E-state index contributed by atoms with van der Waals surface area (Å²) < 4.78 is 26.2. The van der Waals surface area contributed by atoms with Gasteiger partial charge in [-0.05, 0) is 43.1 Å². The van der Waals surface area contributed by atoms with E-state index in [2.05, 4.69) is 10.0 Å². The van der Waals surface area contributed by atoms with Crippen molar-refractivity contribution < 1.29 is 8.42 Å². The average Bonchev–Trinajstić information content (AvgIpc) is 3.12. The molecule has 0 bridgehead atoms.